The van der Waals surface area contributed by atoms with Crippen LogP contribution in [0.1, 0.15) is 37.1 Å². The zero-order chi connectivity index (χ0) is 20.6. The minimum absolute atomic E-state index is 0.254. The van der Waals surface area contributed by atoms with Crippen LogP contribution in [0, 0.1) is 11.7 Å². The fourth-order valence-electron chi connectivity index (χ4n) is 4.20. The second-order valence-corrected chi connectivity index (χ2v) is 8.14. The van der Waals surface area contributed by atoms with E-state index in [2.05, 4.69) is 21.7 Å². The van der Waals surface area contributed by atoms with Crippen molar-refractivity contribution < 1.29 is 17.6 Å². The number of hydrogen-bond acceptors (Lipinski definition) is 3. The van der Waals surface area contributed by atoms with Crippen molar-refractivity contribution in [3.05, 3.63) is 41.6 Å². The van der Waals surface area contributed by atoms with Gasteiger partial charge in [-0.05, 0) is 63.1 Å². The van der Waals surface area contributed by atoms with Gasteiger partial charge in [0.2, 0.25) is 0 Å². The van der Waals surface area contributed by atoms with Crippen LogP contribution in [0.15, 0.2) is 24.4 Å². The van der Waals surface area contributed by atoms with Gasteiger partial charge < -0.3 is 14.8 Å². The van der Waals surface area contributed by atoms with Gasteiger partial charge in [-0.1, -0.05) is 6.92 Å². The van der Waals surface area contributed by atoms with Crippen molar-refractivity contribution >= 4 is 0 Å². The number of rotatable bonds is 5. The second-order valence-electron chi connectivity index (χ2n) is 8.14. The third kappa shape index (κ3) is 4.33. The predicted molar refractivity (Wildman–Crippen MR) is 103 cm³/mol. The van der Waals surface area contributed by atoms with Crippen LogP contribution in [0.4, 0.5) is 17.6 Å². The molecule has 0 bridgehead atoms. The summed E-state index contributed by atoms with van der Waals surface area (Å²) in [5.41, 5.74) is -0.481. The van der Waals surface area contributed by atoms with Crippen LogP contribution in [-0.4, -0.2) is 47.2 Å². The topological polar surface area (TPSA) is 33.1 Å². The molecule has 0 unspecified atom stereocenters. The SMILES string of the molecule is C[C@@H]1CNCC[C@@H]1c1nc(-c2ccc(F)c(C(F)(F)F)c2)cn1CCN1CCC1. The lowest BCUT2D eigenvalue weighted by Gasteiger charge is -2.32. The highest BCUT2D eigenvalue weighted by atomic mass is 19.4. The number of likely N-dealkylation sites (tertiary alicyclic amines) is 1. The molecule has 2 saturated heterocycles. The van der Waals surface area contributed by atoms with Crippen molar-refractivity contribution in [1.29, 1.82) is 0 Å². The number of piperidine rings is 1. The van der Waals surface area contributed by atoms with Crippen molar-refractivity contribution in [3.8, 4) is 11.3 Å². The molecule has 1 aromatic heterocycles. The number of benzene rings is 1. The highest BCUT2D eigenvalue weighted by Gasteiger charge is 2.35. The van der Waals surface area contributed by atoms with Gasteiger partial charge in [0, 0.05) is 30.8 Å². The number of halogens is 4. The minimum atomic E-state index is -4.73. The molecule has 2 fully saturated rings. The summed E-state index contributed by atoms with van der Waals surface area (Å²) in [5.74, 6) is 0.308. The highest BCUT2D eigenvalue weighted by Crippen LogP contribution is 2.36. The van der Waals surface area contributed by atoms with Gasteiger partial charge in [-0.2, -0.15) is 13.2 Å². The first kappa shape index (κ1) is 20.3. The van der Waals surface area contributed by atoms with Crippen LogP contribution in [0.2, 0.25) is 0 Å². The summed E-state index contributed by atoms with van der Waals surface area (Å²) < 4.78 is 55.2. The van der Waals surface area contributed by atoms with Gasteiger partial charge in [-0.3, -0.25) is 0 Å². The molecule has 8 heteroatoms. The Morgan fingerprint density at radius 1 is 1.21 bits per heavy atom. The molecule has 0 radical (unpaired) electrons. The molecule has 2 aromatic rings. The molecule has 29 heavy (non-hydrogen) atoms. The van der Waals surface area contributed by atoms with Gasteiger partial charge in [0.1, 0.15) is 11.6 Å². The summed E-state index contributed by atoms with van der Waals surface area (Å²) in [5, 5.41) is 3.38. The smallest absolute Gasteiger partial charge is 0.333 e. The van der Waals surface area contributed by atoms with Crippen LogP contribution >= 0.6 is 0 Å². The second kappa shape index (κ2) is 8.07. The fraction of sp³-hybridized carbons (Fsp3) is 0.571. The number of nitrogens with one attached hydrogen (secondary N) is 1. The van der Waals surface area contributed by atoms with Crippen LogP contribution in [0.25, 0.3) is 11.3 Å². The van der Waals surface area contributed by atoms with E-state index in [-0.39, 0.29) is 5.92 Å². The van der Waals surface area contributed by atoms with E-state index in [1.165, 1.54) is 12.5 Å². The molecule has 4 rings (SSSR count). The van der Waals surface area contributed by atoms with Gasteiger partial charge in [0.15, 0.2) is 0 Å². The average molecular weight is 410 g/mol. The molecule has 2 atom stereocenters. The zero-order valence-corrected chi connectivity index (χ0v) is 16.5. The zero-order valence-electron chi connectivity index (χ0n) is 16.5. The Morgan fingerprint density at radius 3 is 2.66 bits per heavy atom. The van der Waals surface area contributed by atoms with Gasteiger partial charge in [-0.25, -0.2) is 9.37 Å². The number of nitrogens with zero attached hydrogens (tertiary/aromatic N) is 3. The molecule has 2 aliphatic rings. The molecule has 0 aliphatic carbocycles. The monoisotopic (exact) mass is 410 g/mol. The normalized spacial score (nSPS) is 23.2. The number of aromatic nitrogens is 2. The Labute approximate surface area is 167 Å². The number of hydrogen-bond donors (Lipinski definition) is 1. The quantitative estimate of drug-likeness (QED) is 0.753. The van der Waals surface area contributed by atoms with Gasteiger partial charge in [0.25, 0.3) is 0 Å². The first-order valence-electron chi connectivity index (χ1n) is 10.2. The van der Waals surface area contributed by atoms with Crippen molar-refractivity contribution in [2.75, 3.05) is 32.7 Å². The van der Waals surface area contributed by atoms with Crippen LogP contribution in [0.3, 0.4) is 0 Å². The minimum Gasteiger partial charge on any atom is -0.333 e. The van der Waals surface area contributed by atoms with Gasteiger partial charge in [-0.15, -0.1) is 0 Å². The van der Waals surface area contributed by atoms with Crippen molar-refractivity contribution in [3.63, 3.8) is 0 Å². The molecule has 2 aliphatic heterocycles. The first-order valence-corrected chi connectivity index (χ1v) is 10.2. The molecule has 0 spiro atoms. The summed E-state index contributed by atoms with van der Waals surface area (Å²) in [4.78, 5) is 7.11. The summed E-state index contributed by atoms with van der Waals surface area (Å²) in [6, 6.07) is 3.12. The summed E-state index contributed by atoms with van der Waals surface area (Å²) in [6.07, 6.45) is -0.745. The average Bonchev–Trinajstić information content (AvgIpc) is 3.04. The number of alkyl halides is 3. The maximum Gasteiger partial charge on any atom is 0.419 e. The lowest BCUT2D eigenvalue weighted by molar-refractivity contribution is -0.139. The Bertz CT molecular complexity index is 857. The van der Waals surface area contributed by atoms with Crippen LogP contribution in [0.5, 0.6) is 0 Å². The molecule has 3 heterocycles. The summed E-state index contributed by atoms with van der Waals surface area (Å²) >= 11 is 0. The van der Waals surface area contributed by atoms with Gasteiger partial charge >= 0.3 is 6.18 Å². The lowest BCUT2D eigenvalue weighted by atomic mass is 9.87. The van der Waals surface area contributed by atoms with E-state index in [9.17, 15) is 17.6 Å². The summed E-state index contributed by atoms with van der Waals surface area (Å²) in [6.45, 7) is 7.81. The van der Waals surface area contributed by atoms with Crippen molar-refractivity contribution in [2.45, 2.75) is 38.4 Å². The third-order valence-corrected chi connectivity index (χ3v) is 6.10. The Morgan fingerprint density at radius 2 is 2.00 bits per heavy atom. The number of imidazole rings is 1. The van der Waals surface area contributed by atoms with Crippen molar-refractivity contribution in [1.82, 2.24) is 19.8 Å². The molecular formula is C21H26F4N4. The Balaban J connectivity index is 1.68. The maximum absolute atomic E-state index is 13.7. The highest BCUT2D eigenvalue weighted by molar-refractivity contribution is 5.60. The Hall–Kier alpha value is -1.93. The largest absolute Gasteiger partial charge is 0.419 e. The van der Waals surface area contributed by atoms with Crippen LogP contribution in [-0.2, 0) is 12.7 Å². The molecule has 0 amide bonds. The van der Waals surface area contributed by atoms with Gasteiger partial charge in [0.05, 0.1) is 11.3 Å². The predicted octanol–water partition coefficient (Wildman–Crippen LogP) is 4.13. The van der Waals surface area contributed by atoms with Crippen molar-refractivity contribution in [2.24, 2.45) is 5.92 Å². The van der Waals surface area contributed by atoms with E-state index >= 15 is 0 Å². The molecule has 1 N–H and O–H groups in total. The van der Waals surface area contributed by atoms with E-state index in [0.717, 1.165) is 63.6 Å². The summed E-state index contributed by atoms with van der Waals surface area (Å²) in [7, 11) is 0. The molecule has 1 aromatic carbocycles. The Kier molecular flexibility index (Phi) is 5.66. The standard InChI is InChI=1S/C21H26F4N4/c1-14-12-26-6-5-16(14)20-27-19(13-29(20)10-9-28-7-2-8-28)15-3-4-18(22)17(11-15)21(23,24)25/h3-4,11,13-14,16,26H,2,5-10,12H2,1H3/t14-,16+/m1/s1. The fourth-order valence-corrected chi connectivity index (χ4v) is 4.20. The van der Waals surface area contributed by atoms with E-state index in [1.54, 1.807) is 0 Å². The van der Waals surface area contributed by atoms with E-state index < -0.39 is 17.6 Å². The lowest BCUT2D eigenvalue weighted by Crippen LogP contribution is -2.39. The molecule has 0 saturated carbocycles. The van der Waals surface area contributed by atoms with E-state index in [4.69, 9.17) is 4.98 Å². The maximum atomic E-state index is 13.7. The molecular weight excluding hydrogens is 384 g/mol. The van der Waals surface area contributed by atoms with E-state index in [0.29, 0.717) is 17.2 Å². The molecule has 4 nitrogen and oxygen atoms in total. The third-order valence-electron chi connectivity index (χ3n) is 6.10. The first-order chi connectivity index (χ1) is 13.8. The molecule has 158 valence electrons. The van der Waals surface area contributed by atoms with Crippen LogP contribution < -0.4 is 5.32 Å². The van der Waals surface area contributed by atoms with E-state index in [1.807, 2.05) is 6.20 Å².